The first-order chi connectivity index (χ1) is 13.6. The third kappa shape index (κ3) is 5.84. The number of nitrogens with zero attached hydrogens (tertiary/aromatic N) is 2. The summed E-state index contributed by atoms with van der Waals surface area (Å²) in [7, 11) is -1.06. The minimum Gasteiger partial charge on any atom is -0.543 e. The van der Waals surface area contributed by atoms with Crippen LogP contribution in [0.25, 0.3) is 0 Å². The molecule has 3 unspecified atom stereocenters. The zero-order valence-corrected chi connectivity index (χ0v) is 19.0. The molecule has 0 fully saturated rings. The molecule has 2 rings (SSSR count). The van der Waals surface area contributed by atoms with Crippen molar-refractivity contribution in [2.75, 3.05) is 7.11 Å². The Morgan fingerprint density at radius 2 is 2.00 bits per heavy atom. The van der Waals surface area contributed by atoms with Crippen LogP contribution >= 0.6 is 0 Å². The van der Waals surface area contributed by atoms with Gasteiger partial charge in [0.1, 0.15) is 12.0 Å². The van der Waals surface area contributed by atoms with Crippen molar-refractivity contribution >= 4 is 20.2 Å². The number of aromatic nitrogens is 1. The second kappa shape index (κ2) is 8.70. The van der Waals surface area contributed by atoms with E-state index in [4.69, 9.17) is 13.6 Å². The number of ether oxygens (including phenoxy) is 1. The van der Waals surface area contributed by atoms with E-state index < -0.39 is 38.5 Å². The first-order valence-corrected chi connectivity index (χ1v) is 12.6. The van der Waals surface area contributed by atoms with E-state index in [0.29, 0.717) is 0 Å². The molecule has 1 aliphatic heterocycles. The van der Waals surface area contributed by atoms with Crippen LogP contribution in [0.1, 0.15) is 50.0 Å². The summed E-state index contributed by atoms with van der Waals surface area (Å²) in [5.74, 6) is -3.03. The highest BCUT2D eigenvalue weighted by Crippen LogP contribution is 2.41. The number of carbonyl (C=O) groups excluding carboxylic acids is 1. The lowest BCUT2D eigenvalue weighted by atomic mass is 9.93. The van der Waals surface area contributed by atoms with Crippen molar-refractivity contribution in [1.29, 1.82) is 0 Å². The number of halogens is 3. The van der Waals surface area contributed by atoms with E-state index in [1.54, 1.807) is 0 Å². The van der Waals surface area contributed by atoms with Gasteiger partial charge in [-0.25, -0.2) is 4.98 Å². The van der Waals surface area contributed by atoms with Gasteiger partial charge in [-0.3, -0.25) is 4.99 Å². The van der Waals surface area contributed by atoms with Gasteiger partial charge in [0, 0.05) is 12.8 Å². The lowest BCUT2D eigenvalue weighted by Gasteiger charge is -2.39. The number of oxazole rings is 1. The van der Waals surface area contributed by atoms with Crippen molar-refractivity contribution in [3.8, 4) is 0 Å². The summed E-state index contributed by atoms with van der Waals surface area (Å²) in [5, 5.41) is 10.8. The second-order valence-electron chi connectivity index (χ2n) is 9.00. The summed E-state index contributed by atoms with van der Waals surface area (Å²) in [5.41, 5.74) is -0.371. The third-order valence-corrected chi connectivity index (χ3v) is 10.3. The van der Waals surface area contributed by atoms with E-state index in [2.05, 4.69) is 9.98 Å². The minimum atomic E-state index is -4.43. The van der Waals surface area contributed by atoms with Crippen LogP contribution in [-0.2, 0) is 15.6 Å². The molecule has 0 saturated carbocycles. The van der Waals surface area contributed by atoms with E-state index in [-0.39, 0.29) is 41.8 Å². The number of rotatable bonds is 7. The number of carboxylic acids is 1. The van der Waals surface area contributed by atoms with Gasteiger partial charge in [-0.15, -0.1) is 0 Å². The Kier molecular flexibility index (Phi) is 7.07. The van der Waals surface area contributed by atoms with Gasteiger partial charge < -0.3 is 23.5 Å². The molecule has 0 aromatic carbocycles. The summed E-state index contributed by atoms with van der Waals surface area (Å²) >= 11 is 0. The average Bonchev–Trinajstić information content (AvgIpc) is 3.19. The Morgan fingerprint density at radius 3 is 2.47 bits per heavy atom. The van der Waals surface area contributed by atoms with E-state index in [0.717, 1.165) is 6.26 Å². The molecule has 30 heavy (non-hydrogen) atoms. The van der Waals surface area contributed by atoms with Crippen LogP contribution in [0.5, 0.6) is 0 Å². The Hall–Kier alpha value is -1.88. The largest absolute Gasteiger partial charge is 0.543 e. The van der Waals surface area contributed by atoms with E-state index in [1.165, 1.54) is 7.11 Å². The van der Waals surface area contributed by atoms with Crippen LogP contribution in [-0.4, -0.2) is 50.6 Å². The fourth-order valence-electron chi connectivity index (χ4n) is 3.07. The van der Waals surface area contributed by atoms with Gasteiger partial charge in [0.05, 0.1) is 31.1 Å². The molecule has 3 atom stereocenters. The Labute approximate surface area is 174 Å². The molecule has 1 aromatic heterocycles. The van der Waals surface area contributed by atoms with E-state index in [9.17, 15) is 23.1 Å². The molecule has 1 aromatic rings. The molecule has 0 amide bonds. The molecule has 170 valence electrons. The van der Waals surface area contributed by atoms with Gasteiger partial charge in [0.2, 0.25) is 0 Å². The van der Waals surface area contributed by atoms with Crippen LogP contribution in [0.4, 0.5) is 13.2 Å². The standard InChI is InChI=1S/C19H29F3N2O5Si/c1-18(2,3)30(5,6)29-11(8-16-24-14(10-28-16)17(25)26)7-13-12(19(20,21)22)9-15(23-13)27-4/h10-13H,7-9H2,1-6H3,(H,25,26)/p-1. The number of methoxy groups -OCH3 is 1. The first-order valence-electron chi connectivity index (χ1n) is 9.65. The number of hydrogen-bond donors (Lipinski definition) is 0. The van der Waals surface area contributed by atoms with Gasteiger partial charge in [0.25, 0.3) is 0 Å². The predicted molar refractivity (Wildman–Crippen MR) is 104 cm³/mol. The molecule has 0 aliphatic carbocycles. The van der Waals surface area contributed by atoms with Crippen LogP contribution in [0, 0.1) is 5.92 Å². The predicted octanol–water partition coefficient (Wildman–Crippen LogP) is 3.36. The smallest absolute Gasteiger partial charge is 0.394 e. The maximum atomic E-state index is 13.6. The normalized spacial score (nSPS) is 21.4. The first kappa shape index (κ1) is 24.4. The topological polar surface area (TPSA) is 97.0 Å². The summed E-state index contributed by atoms with van der Waals surface area (Å²) < 4.78 is 57.2. The summed E-state index contributed by atoms with van der Waals surface area (Å²) in [6.07, 6.45) is -4.48. The monoisotopic (exact) mass is 449 g/mol. The quantitative estimate of drug-likeness (QED) is 0.592. The van der Waals surface area contributed by atoms with Crippen molar-refractivity contribution in [2.45, 2.75) is 76.5 Å². The van der Waals surface area contributed by atoms with Crippen molar-refractivity contribution < 1.29 is 36.7 Å². The number of aromatic carboxylic acids is 1. The van der Waals surface area contributed by atoms with Crippen LogP contribution in [0.15, 0.2) is 15.7 Å². The average molecular weight is 450 g/mol. The summed E-state index contributed by atoms with van der Waals surface area (Å²) in [6, 6.07) is -1.06. The molecular formula is C19H28F3N2O5Si-. The Bertz CT molecular complexity index is 786. The van der Waals surface area contributed by atoms with Crippen molar-refractivity contribution in [3.05, 3.63) is 17.8 Å². The minimum absolute atomic E-state index is 0.0212. The molecule has 0 bridgehead atoms. The molecule has 11 heteroatoms. The maximum Gasteiger partial charge on any atom is 0.394 e. The zero-order chi connectivity index (χ0) is 22.9. The SMILES string of the molecule is COC1=NC(CC(Cc2nc(C(=O)[O-])co2)O[Si](C)(C)C(C)(C)C)C(C(F)(F)F)C1. The molecule has 0 spiro atoms. The highest BCUT2D eigenvalue weighted by molar-refractivity contribution is 6.74. The van der Waals surface area contributed by atoms with Crippen molar-refractivity contribution in [1.82, 2.24) is 4.98 Å². The fraction of sp³-hybridized carbons (Fsp3) is 0.737. The van der Waals surface area contributed by atoms with Crippen molar-refractivity contribution in [3.63, 3.8) is 0 Å². The molecule has 0 radical (unpaired) electrons. The molecule has 2 heterocycles. The summed E-state index contributed by atoms with van der Waals surface area (Å²) in [6.45, 7) is 10.0. The van der Waals surface area contributed by atoms with Crippen LogP contribution < -0.4 is 5.11 Å². The number of hydrogen-bond acceptors (Lipinski definition) is 7. The number of carboxylic acid groups (broad SMARTS) is 1. The van der Waals surface area contributed by atoms with Crippen molar-refractivity contribution in [2.24, 2.45) is 10.9 Å². The second-order valence-corrected chi connectivity index (χ2v) is 13.8. The third-order valence-electron chi connectivity index (χ3n) is 5.76. The molecule has 0 saturated heterocycles. The number of aliphatic imine (C=N–C) groups is 1. The lowest BCUT2D eigenvalue weighted by molar-refractivity contribution is -0.255. The maximum absolute atomic E-state index is 13.6. The zero-order valence-electron chi connectivity index (χ0n) is 18.0. The van der Waals surface area contributed by atoms with Crippen LogP contribution in [0.2, 0.25) is 18.1 Å². The van der Waals surface area contributed by atoms with E-state index in [1.807, 2.05) is 33.9 Å². The van der Waals surface area contributed by atoms with Gasteiger partial charge in [-0.2, -0.15) is 13.2 Å². The fourth-order valence-corrected chi connectivity index (χ4v) is 4.43. The lowest BCUT2D eigenvalue weighted by Crippen LogP contribution is -2.46. The number of carbonyl (C=O) groups is 1. The highest BCUT2D eigenvalue weighted by atomic mass is 28.4. The van der Waals surface area contributed by atoms with Gasteiger partial charge >= 0.3 is 6.18 Å². The van der Waals surface area contributed by atoms with Gasteiger partial charge in [-0.1, -0.05) is 20.8 Å². The van der Waals surface area contributed by atoms with Crippen LogP contribution in [0.3, 0.4) is 0 Å². The highest BCUT2D eigenvalue weighted by Gasteiger charge is 2.50. The molecular weight excluding hydrogens is 421 g/mol. The van der Waals surface area contributed by atoms with Gasteiger partial charge in [-0.05, 0) is 24.6 Å². The Balaban J connectivity index is 2.29. The molecule has 1 aliphatic rings. The van der Waals surface area contributed by atoms with Gasteiger partial charge in [0.15, 0.2) is 20.1 Å². The molecule has 0 N–H and O–H groups in total. The number of alkyl halides is 3. The summed E-state index contributed by atoms with van der Waals surface area (Å²) in [4.78, 5) is 18.9. The Morgan fingerprint density at radius 1 is 1.37 bits per heavy atom. The molecule has 7 nitrogen and oxygen atoms in total. The van der Waals surface area contributed by atoms with E-state index >= 15 is 0 Å².